The molecule has 1 aliphatic heterocycles. The van der Waals surface area contributed by atoms with Gasteiger partial charge in [-0.3, -0.25) is 9.59 Å². The van der Waals surface area contributed by atoms with E-state index >= 15 is 0 Å². The van der Waals surface area contributed by atoms with Crippen LogP contribution in [-0.2, 0) is 4.79 Å². The maximum atomic E-state index is 13.4. The smallest absolute Gasteiger partial charge is 0.274 e. The van der Waals surface area contributed by atoms with E-state index in [1.54, 1.807) is 4.90 Å². The minimum absolute atomic E-state index is 0.121. The second-order valence-electron chi connectivity index (χ2n) is 6.90. The van der Waals surface area contributed by atoms with Gasteiger partial charge in [0.25, 0.3) is 5.91 Å². The number of nitrogens with two attached hydrogens (primary N) is 1. The lowest BCUT2D eigenvalue weighted by Crippen LogP contribution is -2.47. The van der Waals surface area contributed by atoms with Crippen molar-refractivity contribution in [2.45, 2.75) is 44.7 Å². The number of aryl methyl sites for hydroxylation is 1. The predicted molar refractivity (Wildman–Crippen MR) is 97.2 cm³/mol. The second-order valence-corrected chi connectivity index (χ2v) is 8.10. The largest absolute Gasteiger partial charge is 0.368 e. The van der Waals surface area contributed by atoms with Crippen molar-refractivity contribution in [3.63, 3.8) is 0 Å². The van der Waals surface area contributed by atoms with Gasteiger partial charge < -0.3 is 10.6 Å². The summed E-state index contributed by atoms with van der Waals surface area (Å²) in [5, 5.41) is 0.847. The van der Waals surface area contributed by atoms with E-state index in [0.717, 1.165) is 34.7 Å². The van der Waals surface area contributed by atoms with Crippen LogP contribution in [-0.4, -0.2) is 33.8 Å². The number of benzene rings is 1. The van der Waals surface area contributed by atoms with Crippen LogP contribution in [0.4, 0.5) is 0 Å². The van der Waals surface area contributed by atoms with E-state index in [2.05, 4.69) is 4.98 Å². The van der Waals surface area contributed by atoms with Crippen molar-refractivity contribution in [2.24, 2.45) is 11.7 Å². The minimum Gasteiger partial charge on any atom is -0.368 e. The van der Waals surface area contributed by atoms with Gasteiger partial charge in [0.2, 0.25) is 5.91 Å². The number of hydrogen-bond acceptors (Lipinski definition) is 4. The van der Waals surface area contributed by atoms with Crippen molar-refractivity contribution in [3.8, 4) is 10.4 Å². The second kappa shape index (κ2) is 6.26. The molecule has 2 aromatic rings. The maximum Gasteiger partial charge on any atom is 0.274 e. The highest BCUT2D eigenvalue weighted by molar-refractivity contribution is 7.15. The van der Waals surface area contributed by atoms with Crippen molar-refractivity contribution >= 4 is 23.2 Å². The summed E-state index contributed by atoms with van der Waals surface area (Å²) in [6.07, 6.45) is 3.81. The molecule has 3 atom stereocenters. The number of primary amides is 1. The Morgan fingerprint density at radius 1 is 1.24 bits per heavy atom. The van der Waals surface area contributed by atoms with Crippen LogP contribution in [0.3, 0.4) is 0 Å². The third kappa shape index (κ3) is 2.74. The van der Waals surface area contributed by atoms with Gasteiger partial charge in [0.1, 0.15) is 11.7 Å². The van der Waals surface area contributed by atoms with Crippen LogP contribution in [0, 0.1) is 12.8 Å². The van der Waals surface area contributed by atoms with E-state index in [1.807, 2.05) is 37.3 Å². The molecule has 0 spiro atoms. The highest BCUT2D eigenvalue weighted by atomic mass is 32.1. The van der Waals surface area contributed by atoms with Crippen LogP contribution < -0.4 is 5.73 Å². The van der Waals surface area contributed by atoms with E-state index in [-0.39, 0.29) is 11.9 Å². The van der Waals surface area contributed by atoms with Gasteiger partial charge in [-0.05, 0) is 37.7 Å². The SMILES string of the molecule is Cc1nc(C(=O)N2[C@H](C(N)=O)C[C@@H]3CCC[C@@H]32)c(-c2ccccc2)s1. The Morgan fingerprint density at radius 3 is 2.72 bits per heavy atom. The molecule has 2 N–H and O–H groups in total. The predicted octanol–water partition coefficient (Wildman–Crippen LogP) is 2.99. The molecule has 1 aromatic carbocycles. The van der Waals surface area contributed by atoms with E-state index in [1.165, 1.54) is 11.3 Å². The topological polar surface area (TPSA) is 76.3 Å². The average molecular weight is 355 g/mol. The standard InChI is InChI=1S/C19H21N3O2S/c1-11-21-16(17(25-11)12-6-3-2-4-7-12)19(24)22-14-9-5-8-13(14)10-15(22)18(20)23/h2-4,6-7,13-15H,5,8-10H2,1H3,(H2,20,23)/t13-,14-,15-/m0/s1. The van der Waals surface area contributed by atoms with Gasteiger partial charge in [0.15, 0.2) is 0 Å². The van der Waals surface area contributed by atoms with Gasteiger partial charge in [-0.1, -0.05) is 36.8 Å². The summed E-state index contributed by atoms with van der Waals surface area (Å²) in [6.45, 7) is 1.90. The van der Waals surface area contributed by atoms with Crippen LogP contribution >= 0.6 is 11.3 Å². The Bertz CT molecular complexity index is 817. The van der Waals surface area contributed by atoms with Crippen molar-refractivity contribution in [3.05, 3.63) is 41.0 Å². The number of fused-ring (bicyclic) bond motifs is 1. The van der Waals surface area contributed by atoms with E-state index in [0.29, 0.717) is 18.0 Å². The summed E-state index contributed by atoms with van der Waals surface area (Å²) in [7, 11) is 0. The summed E-state index contributed by atoms with van der Waals surface area (Å²) in [6, 6.07) is 9.44. The number of carbonyl (C=O) groups is 2. The van der Waals surface area contributed by atoms with Crippen molar-refractivity contribution in [1.82, 2.24) is 9.88 Å². The quantitative estimate of drug-likeness (QED) is 0.919. The number of carbonyl (C=O) groups excluding carboxylic acids is 2. The number of hydrogen-bond donors (Lipinski definition) is 1. The van der Waals surface area contributed by atoms with Crippen LogP contribution in [0.5, 0.6) is 0 Å². The van der Waals surface area contributed by atoms with Gasteiger partial charge in [-0.25, -0.2) is 4.98 Å². The molecule has 0 bridgehead atoms. The molecule has 1 aromatic heterocycles. The fourth-order valence-electron chi connectivity index (χ4n) is 4.31. The monoisotopic (exact) mass is 355 g/mol. The molecule has 25 heavy (non-hydrogen) atoms. The lowest BCUT2D eigenvalue weighted by atomic mass is 10.0. The average Bonchev–Trinajstić information content (AvgIpc) is 3.28. The number of likely N-dealkylation sites (tertiary alicyclic amines) is 1. The number of thiazole rings is 1. The Labute approximate surface area is 150 Å². The molecule has 2 fully saturated rings. The first-order chi connectivity index (χ1) is 12.1. The Hall–Kier alpha value is -2.21. The lowest BCUT2D eigenvalue weighted by Gasteiger charge is -2.27. The van der Waals surface area contributed by atoms with Crippen LogP contribution in [0.25, 0.3) is 10.4 Å². The number of aromatic nitrogens is 1. The lowest BCUT2D eigenvalue weighted by molar-refractivity contribution is -0.122. The molecule has 1 aliphatic carbocycles. The molecule has 5 nitrogen and oxygen atoms in total. The molecule has 2 aliphatic rings. The molecule has 4 rings (SSSR count). The molecule has 2 amide bonds. The van der Waals surface area contributed by atoms with Crippen LogP contribution in [0.15, 0.2) is 30.3 Å². The van der Waals surface area contributed by atoms with Gasteiger partial charge in [0, 0.05) is 6.04 Å². The molecule has 1 saturated carbocycles. The number of nitrogens with zero attached hydrogens (tertiary/aromatic N) is 2. The molecule has 0 radical (unpaired) electrons. The Kier molecular flexibility index (Phi) is 4.07. The Balaban J connectivity index is 1.74. The Morgan fingerprint density at radius 2 is 2.00 bits per heavy atom. The molecule has 1 saturated heterocycles. The van der Waals surface area contributed by atoms with Gasteiger partial charge in [-0.2, -0.15) is 0 Å². The number of rotatable bonds is 3. The van der Waals surface area contributed by atoms with Gasteiger partial charge in [0.05, 0.1) is 9.88 Å². The third-order valence-electron chi connectivity index (χ3n) is 5.37. The minimum atomic E-state index is -0.506. The molecule has 130 valence electrons. The summed E-state index contributed by atoms with van der Waals surface area (Å²) < 4.78 is 0. The van der Waals surface area contributed by atoms with Crippen LogP contribution in [0.2, 0.25) is 0 Å². The zero-order chi connectivity index (χ0) is 17.6. The zero-order valence-corrected chi connectivity index (χ0v) is 15.0. The maximum absolute atomic E-state index is 13.4. The van der Waals surface area contributed by atoms with Gasteiger partial charge in [-0.15, -0.1) is 11.3 Å². The van der Waals surface area contributed by atoms with Gasteiger partial charge >= 0.3 is 0 Å². The van der Waals surface area contributed by atoms with E-state index in [9.17, 15) is 9.59 Å². The summed E-state index contributed by atoms with van der Waals surface area (Å²) >= 11 is 1.51. The molecular formula is C19H21N3O2S. The van der Waals surface area contributed by atoms with Crippen molar-refractivity contribution in [1.29, 1.82) is 0 Å². The normalized spacial score (nSPS) is 25.2. The molecule has 2 heterocycles. The highest BCUT2D eigenvalue weighted by Crippen LogP contribution is 2.43. The first-order valence-electron chi connectivity index (χ1n) is 8.71. The fraction of sp³-hybridized carbons (Fsp3) is 0.421. The highest BCUT2D eigenvalue weighted by Gasteiger charge is 2.48. The summed E-state index contributed by atoms with van der Waals surface area (Å²) in [5.74, 6) is -0.168. The fourth-order valence-corrected chi connectivity index (χ4v) is 5.23. The summed E-state index contributed by atoms with van der Waals surface area (Å²) in [5.41, 5.74) is 7.04. The van der Waals surface area contributed by atoms with Crippen LogP contribution in [0.1, 0.15) is 41.2 Å². The van der Waals surface area contributed by atoms with Crippen molar-refractivity contribution in [2.75, 3.05) is 0 Å². The molecular weight excluding hydrogens is 334 g/mol. The zero-order valence-electron chi connectivity index (χ0n) is 14.1. The van der Waals surface area contributed by atoms with E-state index in [4.69, 9.17) is 5.73 Å². The molecule has 0 unspecified atom stereocenters. The molecule has 6 heteroatoms. The van der Waals surface area contributed by atoms with Crippen molar-refractivity contribution < 1.29 is 9.59 Å². The summed E-state index contributed by atoms with van der Waals surface area (Å²) in [4.78, 5) is 32.4. The van der Waals surface area contributed by atoms with E-state index < -0.39 is 11.9 Å². The number of amides is 2. The third-order valence-corrected chi connectivity index (χ3v) is 6.39. The first kappa shape index (κ1) is 16.3. The first-order valence-corrected chi connectivity index (χ1v) is 9.52.